The number of fused-ring (bicyclic) bond motifs is 2. The van der Waals surface area contributed by atoms with Gasteiger partial charge in [-0.05, 0) is 43.2 Å². The zero-order valence-electron chi connectivity index (χ0n) is 21.2. The van der Waals surface area contributed by atoms with Gasteiger partial charge in [0.15, 0.2) is 5.75 Å². The summed E-state index contributed by atoms with van der Waals surface area (Å²) in [6, 6.07) is 8.87. The number of nitrogens with zero attached hydrogens (tertiary/aromatic N) is 5. The predicted molar refractivity (Wildman–Crippen MR) is 140 cm³/mol. The first-order chi connectivity index (χ1) is 18.1. The standard InChI is InChI=1S/C28H32N6O3/c1-3-25(35)33-7-5-22(17-33)34-15-21(16-34)19-12-20(14-29)27-23(13-19)31-28-26(18(2)37-27)24(4-6-30-28)32-8-10-36-11-9-32/h3-4,6,12-13,18,21-22H,1,5,7-11,15-17H2,2H3,(H,30,31)/t18-,22+/m1/s1. The normalized spacial score (nSPS) is 23.6. The fourth-order valence-corrected chi connectivity index (χ4v) is 5.99. The molecule has 2 atom stereocenters. The van der Waals surface area contributed by atoms with Gasteiger partial charge in [-0.2, -0.15) is 5.26 Å². The van der Waals surface area contributed by atoms with Crippen LogP contribution in [0.25, 0.3) is 0 Å². The molecule has 1 aromatic heterocycles. The third-order valence-electron chi connectivity index (χ3n) is 8.05. The Labute approximate surface area is 217 Å². The van der Waals surface area contributed by atoms with Crippen molar-refractivity contribution in [1.29, 1.82) is 5.26 Å². The number of amides is 1. The molecule has 2 aromatic rings. The van der Waals surface area contributed by atoms with E-state index in [-0.39, 0.29) is 12.0 Å². The maximum Gasteiger partial charge on any atom is 0.246 e. The summed E-state index contributed by atoms with van der Waals surface area (Å²) in [6.45, 7) is 12.0. The number of ether oxygens (including phenoxy) is 2. The van der Waals surface area contributed by atoms with Gasteiger partial charge in [-0.3, -0.25) is 9.69 Å². The number of nitrogens with one attached hydrogen (secondary N) is 1. The Balaban J connectivity index is 1.24. The lowest BCUT2D eigenvalue weighted by molar-refractivity contribution is -0.125. The van der Waals surface area contributed by atoms with Crippen LogP contribution in [0.1, 0.15) is 42.1 Å². The van der Waals surface area contributed by atoms with Crippen molar-refractivity contribution in [3.8, 4) is 11.8 Å². The fraction of sp³-hybridized carbons (Fsp3) is 0.464. The number of likely N-dealkylation sites (tertiary alicyclic amines) is 2. The minimum atomic E-state index is -0.268. The van der Waals surface area contributed by atoms with Crippen LogP contribution in [0, 0.1) is 11.3 Å². The first-order valence-corrected chi connectivity index (χ1v) is 13.0. The highest BCUT2D eigenvalue weighted by Crippen LogP contribution is 2.45. The maximum absolute atomic E-state index is 12.0. The van der Waals surface area contributed by atoms with E-state index in [0.29, 0.717) is 36.5 Å². The SMILES string of the molecule is C=CC(=O)N1CC[C@H](N2CC(c3cc(C#N)c4c(c3)Nc3nccc(N5CCOCC5)c3[C@@H](C)O4)C2)C1. The van der Waals surface area contributed by atoms with Crippen molar-refractivity contribution in [2.75, 3.05) is 62.7 Å². The van der Waals surface area contributed by atoms with Gasteiger partial charge in [-0.15, -0.1) is 0 Å². The molecular weight excluding hydrogens is 468 g/mol. The number of pyridine rings is 1. The monoisotopic (exact) mass is 500 g/mol. The van der Waals surface area contributed by atoms with Gasteiger partial charge in [0, 0.05) is 63.1 Å². The van der Waals surface area contributed by atoms with Crippen molar-refractivity contribution in [1.82, 2.24) is 14.8 Å². The second-order valence-corrected chi connectivity index (χ2v) is 10.2. The summed E-state index contributed by atoms with van der Waals surface area (Å²) in [5.74, 6) is 1.69. The molecule has 0 radical (unpaired) electrons. The van der Waals surface area contributed by atoms with E-state index >= 15 is 0 Å². The van der Waals surface area contributed by atoms with Crippen LogP contribution in [0.2, 0.25) is 0 Å². The molecule has 1 amide bonds. The lowest BCUT2D eigenvalue weighted by Gasteiger charge is -2.43. The van der Waals surface area contributed by atoms with Gasteiger partial charge in [-0.1, -0.05) is 6.58 Å². The minimum absolute atomic E-state index is 0.00922. The fourth-order valence-electron chi connectivity index (χ4n) is 5.99. The number of carbonyl (C=O) groups is 1. The number of hydrogen-bond donors (Lipinski definition) is 1. The van der Waals surface area contributed by atoms with Crippen LogP contribution < -0.4 is 15.0 Å². The predicted octanol–water partition coefficient (Wildman–Crippen LogP) is 3.17. The summed E-state index contributed by atoms with van der Waals surface area (Å²) in [5.41, 5.74) is 4.54. The minimum Gasteiger partial charge on any atom is -0.482 e. The van der Waals surface area contributed by atoms with Gasteiger partial charge >= 0.3 is 0 Å². The third-order valence-corrected chi connectivity index (χ3v) is 8.05. The largest absolute Gasteiger partial charge is 0.482 e. The molecule has 9 nitrogen and oxygen atoms in total. The second kappa shape index (κ2) is 9.69. The maximum atomic E-state index is 12.0. The molecule has 4 aliphatic rings. The van der Waals surface area contributed by atoms with Gasteiger partial charge in [0.1, 0.15) is 18.0 Å². The molecule has 3 fully saturated rings. The van der Waals surface area contributed by atoms with Crippen LogP contribution in [0.4, 0.5) is 17.2 Å². The zero-order chi connectivity index (χ0) is 25.5. The van der Waals surface area contributed by atoms with Crippen molar-refractivity contribution >= 4 is 23.1 Å². The Morgan fingerprint density at radius 3 is 2.81 bits per heavy atom. The van der Waals surface area contributed by atoms with E-state index in [1.807, 2.05) is 30.2 Å². The highest BCUT2D eigenvalue weighted by Gasteiger charge is 2.38. The third kappa shape index (κ3) is 4.30. The van der Waals surface area contributed by atoms with E-state index in [1.165, 1.54) is 6.08 Å². The molecule has 1 aromatic carbocycles. The van der Waals surface area contributed by atoms with Crippen LogP contribution in [-0.2, 0) is 9.53 Å². The molecule has 0 aliphatic carbocycles. The summed E-state index contributed by atoms with van der Waals surface area (Å²) >= 11 is 0. The molecule has 3 saturated heterocycles. The lowest BCUT2D eigenvalue weighted by Crippen LogP contribution is -2.51. The summed E-state index contributed by atoms with van der Waals surface area (Å²) in [5, 5.41) is 13.5. The van der Waals surface area contributed by atoms with Crippen molar-refractivity contribution in [3.05, 3.63) is 53.7 Å². The van der Waals surface area contributed by atoms with Crippen LogP contribution in [-0.4, -0.2) is 79.2 Å². The highest BCUT2D eigenvalue weighted by molar-refractivity contribution is 5.87. The van der Waals surface area contributed by atoms with E-state index in [1.54, 1.807) is 0 Å². The van der Waals surface area contributed by atoms with Crippen LogP contribution in [0.3, 0.4) is 0 Å². The number of anilines is 3. The number of nitriles is 1. The second-order valence-electron chi connectivity index (χ2n) is 10.2. The zero-order valence-corrected chi connectivity index (χ0v) is 21.2. The van der Waals surface area contributed by atoms with E-state index in [0.717, 1.165) is 74.0 Å². The Kier molecular flexibility index (Phi) is 6.22. The lowest BCUT2D eigenvalue weighted by atomic mass is 9.88. The summed E-state index contributed by atoms with van der Waals surface area (Å²) in [4.78, 5) is 23.2. The topological polar surface area (TPSA) is 94.0 Å². The van der Waals surface area contributed by atoms with E-state index < -0.39 is 0 Å². The number of aromatic nitrogens is 1. The summed E-state index contributed by atoms with van der Waals surface area (Å²) < 4.78 is 12.0. The Morgan fingerprint density at radius 2 is 2.05 bits per heavy atom. The molecular formula is C28H32N6O3. The number of carbonyl (C=O) groups excluding carboxylic acids is 1. The van der Waals surface area contributed by atoms with Crippen LogP contribution >= 0.6 is 0 Å². The van der Waals surface area contributed by atoms with E-state index in [9.17, 15) is 10.1 Å². The van der Waals surface area contributed by atoms with Crippen molar-refractivity contribution < 1.29 is 14.3 Å². The summed E-state index contributed by atoms with van der Waals surface area (Å²) in [7, 11) is 0. The molecule has 192 valence electrons. The van der Waals surface area contributed by atoms with Crippen molar-refractivity contribution in [3.63, 3.8) is 0 Å². The van der Waals surface area contributed by atoms with Gasteiger partial charge in [-0.25, -0.2) is 4.98 Å². The quantitative estimate of drug-likeness (QED) is 0.640. The Morgan fingerprint density at radius 1 is 1.24 bits per heavy atom. The van der Waals surface area contributed by atoms with Gasteiger partial charge in [0.2, 0.25) is 5.91 Å². The first kappa shape index (κ1) is 23.8. The average molecular weight is 501 g/mol. The van der Waals surface area contributed by atoms with Gasteiger partial charge in [0.05, 0.1) is 30.0 Å². The molecule has 6 rings (SSSR count). The summed E-state index contributed by atoms with van der Waals surface area (Å²) in [6.07, 6.45) is 3.94. The Bertz CT molecular complexity index is 1260. The molecule has 0 bridgehead atoms. The molecule has 5 heterocycles. The number of rotatable bonds is 4. The molecule has 0 spiro atoms. The Hall–Kier alpha value is -3.61. The molecule has 4 aliphatic heterocycles. The number of benzene rings is 1. The molecule has 9 heteroatoms. The number of morpholine rings is 1. The molecule has 0 unspecified atom stereocenters. The van der Waals surface area contributed by atoms with Gasteiger partial charge < -0.3 is 24.6 Å². The van der Waals surface area contributed by atoms with E-state index in [2.05, 4.69) is 38.8 Å². The van der Waals surface area contributed by atoms with E-state index in [4.69, 9.17) is 9.47 Å². The van der Waals surface area contributed by atoms with Crippen molar-refractivity contribution in [2.45, 2.75) is 31.4 Å². The smallest absolute Gasteiger partial charge is 0.246 e. The molecule has 37 heavy (non-hydrogen) atoms. The number of hydrogen-bond acceptors (Lipinski definition) is 8. The first-order valence-electron chi connectivity index (χ1n) is 13.0. The molecule has 0 saturated carbocycles. The van der Waals surface area contributed by atoms with Crippen molar-refractivity contribution in [2.24, 2.45) is 0 Å². The van der Waals surface area contributed by atoms with Gasteiger partial charge in [0.25, 0.3) is 0 Å². The van der Waals surface area contributed by atoms with Crippen LogP contribution in [0.15, 0.2) is 37.1 Å². The van der Waals surface area contributed by atoms with Crippen LogP contribution in [0.5, 0.6) is 5.75 Å². The molecule has 1 N–H and O–H groups in total. The average Bonchev–Trinajstić information content (AvgIpc) is 3.32. The highest BCUT2D eigenvalue weighted by atomic mass is 16.5.